The lowest BCUT2D eigenvalue weighted by Crippen LogP contribution is -2.14. The van der Waals surface area contributed by atoms with Gasteiger partial charge in [0.05, 0.1) is 21.8 Å². The van der Waals surface area contributed by atoms with Crippen LogP contribution in [0.3, 0.4) is 0 Å². The molecule has 0 aromatic heterocycles. The van der Waals surface area contributed by atoms with Crippen molar-refractivity contribution >= 4 is 29.5 Å². The summed E-state index contributed by atoms with van der Waals surface area (Å²) in [6.07, 6.45) is 0. The van der Waals surface area contributed by atoms with Crippen molar-refractivity contribution in [3.05, 3.63) is 33.8 Å². The minimum atomic E-state index is -4.23. The Bertz CT molecular complexity index is 705. The summed E-state index contributed by atoms with van der Waals surface area (Å²) in [7, 11) is -12.0. The Morgan fingerprint density at radius 3 is 1.79 bits per heavy atom. The molecule has 110 valence electrons. The first-order valence-corrected chi connectivity index (χ1v) is 10.1. The third kappa shape index (κ3) is 4.59. The van der Waals surface area contributed by atoms with Crippen LogP contribution in [0.25, 0.3) is 0 Å². The second-order valence-corrected chi connectivity index (χ2v) is 9.77. The van der Waals surface area contributed by atoms with E-state index in [9.17, 15) is 25.3 Å². The molecule has 0 saturated carbocycles. The van der Waals surface area contributed by atoms with E-state index >= 15 is 0 Å². The smallest absolute Gasteiger partial charge is 0.201 e. The SMILES string of the molecule is C=CS(=O)(=O)C(=CS(=O)(=O)CC)C(=C)S(=O)(=O)CC. The predicted octanol–water partition coefficient (Wildman–Crippen LogP) is 0.769. The zero-order valence-electron chi connectivity index (χ0n) is 10.7. The number of rotatable bonds is 7. The molecular weight excluding hydrogens is 312 g/mol. The van der Waals surface area contributed by atoms with Crippen LogP contribution in [0.2, 0.25) is 0 Å². The summed E-state index contributed by atoms with van der Waals surface area (Å²) in [5.74, 6) is -0.745. The van der Waals surface area contributed by atoms with Crippen molar-refractivity contribution in [2.75, 3.05) is 11.5 Å². The van der Waals surface area contributed by atoms with Crippen molar-refractivity contribution in [1.82, 2.24) is 0 Å². The van der Waals surface area contributed by atoms with Crippen molar-refractivity contribution < 1.29 is 25.3 Å². The molecule has 0 radical (unpaired) electrons. The average molecular weight is 328 g/mol. The van der Waals surface area contributed by atoms with Crippen molar-refractivity contribution in [1.29, 1.82) is 0 Å². The largest absolute Gasteiger partial charge is 0.224 e. The van der Waals surface area contributed by atoms with Gasteiger partial charge in [-0.25, -0.2) is 25.3 Å². The van der Waals surface area contributed by atoms with Crippen LogP contribution >= 0.6 is 0 Å². The van der Waals surface area contributed by atoms with E-state index in [1.165, 1.54) is 13.8 Å². The Balaban J connectivity index is 6.32. The molecule has 0 N–H and O–H groups in total. The van der Waals surface area contributed by atoms with Gasteiger partial charge in [-0.05, 0) is 0 Å². The van der Waals surface area contributed by atoms with Crippen LogP contribution < -0.4 is 0 Å². The molecule has 0 aliphatic carbocycles. The average Bonchev–Trinajstić information content (AvgIpc) is 2.35. The number of sulfone groups is 3. The predicted molar refractivity (Wildman–Crippen MR) is 75.3 cm³/mol. The van der Waals surface area contributed by atoms with Gasteiger partial charge in [0.15, 0.2) is 19.7 Å². The van der Waals surface area contributed by atoms with Gasteiger partial charge < -0.3 is 0 Å². The van der Waals surface area contributed by atoms with E-state index in [1.54, 1.807) is 0 Å². The Hall–Kier alpha value is -0.930. The second-order valence-electron chi connectivity index (χ2n) is 3.47. The van der Waals surface area contributed by atoms with Gasteiger partial charge in [-0.15, -0.1) is 0 Å². The van der Waals surface area contributed by atoms with Gasteiger partial charge in [-0.1, -0.05) is 27.0 Å². The second kappa shape index (κ2) is 6.02. The van der Waals surface area contributed by atoms with E-state index in [0.717, 1.165) is 0 Å². The molecule has 0 aromatic rings. The highest BCUT2D eigenvalue weighted by Crippen LogP contribution is 2.24. The van der Waals surface area contributed by atoms with Crippen molar-refractivity contribution in [3.63, 3.8) is 0 Å². The van der Waals surface area contributed by atoms with Gasteiger partial charge in [0.2, 0.25) is 9.84 Å². The van der Waals surface area contributed by atoms with Crippen LogP contribution in [0, 0.1) is 0 Å². The molecule has 0 aliphatic heterocycles. The van der Waals surface area contributed by atoms with Crippen molar-refractivity contribution in [3.8, 4) is 0 Å². The van der Waals surface area contributed by atoms with Gasteiger partial charge in [-0.3, -0.25) is 0 Å². The maximum atomic E-state index is 11.7. The molecule has 0 aliphatic rings. The molecule has 0 spiro atoms. The lowest BCUT2D eigenvalue weighted by Gasteiger charge is -2.09. The zero-order chi connectivity index (χ0) is 15.5. The molecule has 0 atom stereocenters. The van der Waals surface area contributed by atoms with E-state index in [1.807, 2.05) is 0 Å². The molecule has 9 heteroatoms. The maximum Gasteiger partial charge on any atom is 0.201 e. The van der Waals surface area contributed by atoms with Crippen LogP contribution in [0.1, 0.15) is 13.8 Å². The molecule has 0 rings (SSSR count). The minimum absolute atomic E-state index is 0.359. The summed E-state index contributed by atoms with van der Waals surface area (Å²) in [5.41, 5.74) is 0. The molecule has 19 heavy (non-hydrogen) atoms. The third-order valence-electron chi connectivity index (χ3n) is 2.25. The van der Waals surface area contributed by atoms with E-state index < -0.39 is 39.3 Å². The van der Waals surface area contributed by atoms with Crippen LogP contribution in [-0.2, 0) is 29.5 Å². The van der Waals surface area contributed by atoms with Gasteiger partial charge >= 0.3 is 0 Å². The molecule has 0 aromatic carbocycles. The lowest BCUT2D eigenvalue weighted by atomic mass is 10.6. The molecular formula is C10H16O6S3. The molecule has 0 bridgehead atoms. The summed E-state index contributed by atoms with van der Waals surface area (Å²) >= 11 is 0. The first kappa shape index (κ1) is 18.1. The molecule has 0 heterocycles. The Morgan fingerprint density at radius 2 is 1.47 bits per heavy atom. The quantitative estimate of drug-likeness (QED) is 0.640. The number of hydrogen-bond donors (Lipinski definition) is 0. The fraction of sp³-hybridized carbons (Fsp3) is 0.400. The van der Waals surface area contributed by atoms with Crippen LogP contribution in [0.15, 0.2) is 33.8 Å². The monoisotopic (exact) mass is 328 g/mol. The molecule has 0 unspecified atom stereocenters. The molecule has 0 amide bonds. The zero-order valence-corrected chi connectivity index (χ0v) is 13.1. The Kier molecular flexibility index (Phi) is 5.72. The molecule has 6 nitrogen and oxygen atoms in total. The van der Waals surface area contributed by atoms with Gasteiger partial charge in [0.25, 0.3) is 0 Å². The molecule has 0 fully saturated rings. The Labute approximate surface area is 114 Å². The topological polar surface area (TPSA) is 102 Å². The highest BCUT2D eigenvalue weighted by atomic mass is 32.2. The highest BCUT2D eigenvalue weighted by Gasteiger charge is 2.27. The van der Waals surface area contributed by atoms with Gasteiger partial charge in [0, 0.05) is 5.41 Å². The van der Waals surface area contributed by atoms with Crippen LogP contribution in [0.5, 0.6) is 0 Å². The summed E-state index contributed by atoms with van der Waals surface area (Å²) in [4.78, 5) is -1.60. The fourth-order valence-electron chi connectivity index (χ4n) is 0.955. The maximum absolute atomic E-state index is 11.7. The summed E-state index contributed by atoms with van der Waals surface area (Å²) in [5, 5.41) is 0.903. The molecule has 0 saturated heterocycles. The van der Waals surface area contributed by atoms with Crippen molar-refractivity contribution in [2.45, 2.75) is 13.8 Å². The van der Waals surface area contributed by atoms with E-state index in [0.29, 0.717) is 10.8 Å². The summed E-state index contributed by atoms with van der Waals surface area (Å²) in [6.45, 7) is 8.83. The normalized spacial score (nSPS) is 14.1. The first-order valence-electron chi connectivity index (χ1n) is 5.17. The van der Waals surface area contributed by atoms with Crippen molar-refractivity contribution in [2.24, 2.45) is 0 Å². The minimum Gasteiger partial charge on any atom is -0.224 e. The standard InChI is InChI=1S/C10H16O6S3/c1-5-17(11,12)8-10(19(15,16)7-3)9(4)18(13,14)6-2/h7-8H,3-6H2,1-2H3. The van der Waals surface area contributed by atoms with Gasteiger partial charge in [-0.2, -0.15) is 0 Å². The number of hydrogen-bond acceptors (Lipinski definition) is 6. The highest BCUT2D eigenvalue weighted by molar-refractivity contribution is 8.03. The van der Waals surface area contributed by atoms with E-state index in [2.05, 4.69) is 13.2 Å². The van der Waals surface area contributed by atoms with E-state index in [4.69, 9.17) is 0 Å². The summed E-state index contributed by atoms with van der Waals surface area (Å²) in [6, 6.07) is 0. The van der Waals surface area contributed by atoms with E-state index in [-0.39, 0.29) is 11.5 Å². The fourth-order valence-corrected chi connectivity index (χ4v) is 4.58. The van der Waals surface area contributed by atoms with Crippen LogP contribution in [-0.4, -0.2) is 36.8 Å². The van der Waals surface area contributed by atoms with Crippen LogP contribution in [0.4, 0.5) is 0 Å². The Morgan fingerprint density at radius 1 is 1.00 bits per heavy atom. The lowest BCUT2D eigenvalue weighted by molar-refractivity contribution is 0.600. The first-order chi connectivity index (χ1) is 8.43. The summed E-state index contributed by atoms with van der Waals surface area (Å²) < 4.78 is 69.7. The third-order valence-corrected chi connectivity index (χ3v) is 7.07. The van der Waals surface area contributed by atoms with Gasteiger partial charge in [0.1, 0.15) is 4.91 Å².